The highest BCUT2D eigenvalue weighted by atomic mass is 16.6. The number of carbonyl (C=O) groups is 2. The summed E-state index contributed by atoms with van der Waals surface area (Å²) >= 11 is 0. The number of nitrogens with zero attached hydrogens (tertiary/aromatic N) is 2. The van der Waals surface area contributed by atoms with Gasteiger partial charge in [0.25, 0.3) is 5.69 Å². The largest absolute Gasteiger partial charge is 0.460 e. The molecule has 7 heteroatoms. The van der Waals surface area contributed by atoms with Crippen molar-refractivity contribution in [2.45, 2.75) is 52.7 Å². The predicted molar refractivity (Wildman–Crippen MR) is 116 cm³/mol. The monoisotopic (exact) mass is 422 g/mol. The first-order valence-electron chi connectivity index (χ1n) is 10.2. The van der Waals surface area contributed by atoms with E-state index in [0.29, 0.717) is 11.3 Å². The number of esters is 1. The number of benzene rings is 2. The van der Waals surface area contributed by atoms with Crippen molar-refractivity contribution in [3.63, 3.8) is 0 Å². The van der Waals surface area contributed by atoms with Crippen molar-refractivity contribution in [3.8, 4) is 0 Å². The summed E-state index contributed by atoms with van der Waals surface area (Å²) in [6, 6.07) is 13.8. The number of non-ortho nitro benzene ring substituents is 1. The zero-order valence-corrected chi connectivity index (χ0v) is 18.1. The molecule has 1 amide bonds. The van der Waals surface area contributed by atoms with Gasteiger partial charge in [0.15, 0.2) is 0 Å². The molecular weight excluding hydrogens is 396 g/mol. The first-order valence-corrected chi connectivity index (χ1v) is 10.2. The summed E-state index contributed by atoms with van der Waals surface area (Å²) in [7, 11) is 0. The highest BCUT2D eigenvalue weighted by Gasteiger charge is 2.37. The molecule has 1 heterocycles. The molecule has 2 aromatic rings. The van der Waals surface area contributed by atoms with Crippen molar-refractivity contribution in [2.24, 2.45) is 0 Å². The van der Waals surface area contributed by atoms with Crippen molar-refractivity contribution in [3.05, 3.63) is 86.6 Å². The third-order valence-corrected chi connectivity index (χ3v) is 5.44. The van der Waals surface area contributed by atoms with Crippen molar-refractivity contribution in [1.82, 2.24) is 4.90 Å². The van der Waals surface area contributed by atoms with Gasteiger partial charge in [0.2, 0.25) is 5.91 Å². The molecular formula is C24H26N2O5. The third kappa shape index (κ3) is 4.82. The molecule has 0 aromatic heterocycles. The van der Waals surface area contributed by atoms with Gasteiger partial charge >= 0.3 is 5.97 Å². The van der Waals surface area contributed by atoms with E-state index in [2.05, 4.69) is 0 Å². The van der Waals surface area contributed by atoms with E-state index in [4.69, 9.17) is 4.74 Å². The van der Waals surface area contributed by atoms with Crippen LogP contribution < -0.4 is 0 Å². The smallest absolute Gasteiger partial charge is 0.336 e. The molecule has 31 heavy (non-hydrogen) atoms. The van der Waals surface area contributed by atoms with Crippen molar-refractivity contribution >= 4 is 17.6 Å². The molecule has 0 fully saturated rings. The Morgan fingerprint density at radius 3 is 2.39 bits per heavy atom. The molecule has 1 atom stereocenters. The van der Waals surface area contributed by atoms with Gasteiger partial charge in [-0.15, -0.1) is 0 Å². The average Bonchev–Trinajstić information content (AvgIpc) is 2.70. The number of nitro benzene ring substituents is 1. The average molecular weight is 422 g/mol. The van der Waals surface area contributed by atoms with Gasteiger partial charge in [-0.1, -0.05) is 36.4 Å². The summed E-state index contributed by atoms with van der Waals surface area (Å²) in [5.74, 6) is -0.916. The van der Waals surface area contributed by atoms with Gasteiger partial charge < -0.3 is 9.64 Å². The normalized spacial score (nSPS) is 16.6. The maximum atomic E-state index is 13.1. The minimum absolute atomic E-state index is 0.0122. The van der Waals surface area contributed by atoms with E-state index in [1.165, 1.54) is 12.1 Å². The molecule has 1 aliphatic heterocycles. The van der Waals surface area contributed by atoms with E-state index in [9.17, 15) is 19.7 Å². The highest BCUT2D eigenvalue weighted by Crippen LogP contribution is 2.39. The lowest BCUT2D eigenvalue weighted by atomic mass is 9.81. The van der Waals surface area contributed by atoms with Gasteiger partial charge in [-0.05, 0) is 44.4 Å². The topological polar surface area (TPSA) is 89.8 Å². The number of aryl methyl sites for hydroxylation is 1. The van der Waals surface area contributed by atoms with Crippen LogP contribution in [0.1, 0.15) is 49.8 Å². The summed E-state index contributed by atoms with van der Waals surface area (Å²) in [5.41, 5.74) is 3.69. The van der Waals surface area contributed by atoms with Gasteiger partial charge in [-0.25, -0.2) is 4.79 Å². The molecule has 1 aliphatic rings. The van der Waals surface area contributed by atoms with Crippen molar-refractivity contribution in [2.75, 3.05) is 0 Å². The number of carbonyl (C=O) groups excluding carboxylic acids is 2. The van der Waals surface area contributed by atoms with Crippen LogP contribution >= 0.6 is 0 Å². The number of allylic oxidation sites excluding steroid dienone is 1. The molecule has 2 aromatic carbocycles. The van der Waals surface area contributed by atoms with Crippen LogP contribution in [0.2, 0.25) is 0 Å². The first-order chi connectivity index (χ1) is 14.7. The Kier molecular flexibility index (Phi) is 6.53. The fraction of sp³-hybridized carbons (Fsp3) is 0.333. The first kappa shape index (κ1) is 22.2. The van der Waals surface area contributed by atoms with Crippen molar-refractivity contribution in [1.29, 1.82) is 0 Å². The summed E-state index contributed by atoms with van der Waals surface area (Å²) < 4.78 is 5.52. The molecule has 0 N–H and O–H groups in total. The third-order valence-electron chi connectivity index (χ3n) is 5.44. The molecule has 7 nitrogen and oxygen atoms in total. The minimum Gasteiger partial charge on any atom is -0.460 e. The summed E-state index contributed by atoms with van der Waals surface area (Å²) in [4.78, 5) is 38.1. The Bertz CT molecular complexity index is 1040. The van der Waals surface area contributed by atoms with Crippen LogP contribution in [0.25, 0.3) is 0 Å². The summed E-state index contributed by atoms with van der Waals surface area (Å²) in [6.07, 6.45) is -0.136. The predicted octanol–water partition coefficient (Wildman–Crippen LogP) is 4.64. The lowest BCUT2D eigenvalue weighted by Gasteiger charge is -2.35. The van der Waals surface area contributed by atoms with E-state index in [0.717, 1.165) is 16.7 Å². The van der Waals surface area contributed by atoms with E-state index >= 15 is 0 Å². The molecule has 1 unspecified atom stereocenters. The number of hydrogen-bond acceptors (Lipinski definition) is 5. The van der Waals surface area contributed by atoms with E-state index < -0.39 is 10.9 Å². The van der Waals surface area contributed by atoms with Gasteiger partial charge in [0.1, 0.15) is 0 Å². The fourth-order valence-electron chi connectivity index (χ4n) is 3.89. The minimum atomic E-state index is -0.464. The van der Waals surface area contributed by atoms with Crippen LogP contribution in [-0.2, 0) is 20.9 Å². The Balaban J connectivity index is 2.02. The Morgan fingerprint density at radius 2 is 1.81 bits per heavy atom. The van der Waals surface area contributed by atoms with Crippen LogP contribution in [0.3, 0.4) is 0 Å². The van der Waals surface area contributed by atoms with Gasteiger partial charge in [-0.2, -0.15) is 0 Å². The zero-order valence-electron chi connectivity index (χ0n) is 18.1. The lowest BCUT2D eigenvalue weighted by molar-refractivity contribution is -0.384. The van der Waals surface area contributed by atoms with Gasteiger partial charge in [0, 0.05) is 30.2 Å². The molecule has 0 saturated carbocycles. The van der Waals surface area contributed by atoms with Crippen LogP contribution in [0.15, 0.2) is 59.8 Å². The van der Waals surface area contributed by atoms with Crippen LogP contribution in [-0.4, -0.2) is 27.8 Å². The van der Waals surface area contributed by atoms with Crippen LogP contribution in [0.5, 0.6) is 0 Å². The fourth-order valence-corrected chi connectivity index (χ4v) is 3.89. The molecule has 0 aliphatic carbocycles. The SMILES string of the molecule is CC1=C(C(=O)OC(C)C)C(c2ccccc2C)CC(=O)N1Cc1ccc([N+](=O)[O-])cc1. The highest BCUT2D eigenvalue weighted by molar-refractivity contribution is 5.96. The second-order valence-electron chi connectivity index (χ2n) is 7.97. The molecule has 0 spiro atoms. The zero-order chi connectivity index (χ0) is 22.7. The van der Waals surface area contributed by atoms with E-state index in [1.54, 1.807) is 37.8 Å². The Hall–Kier alpha value is -3.48. The maximum Gasteiger partial charge on any atom is 0.336 e. The molecule has 0 saturated heterocycles. The molecule has 162 valence electrons. The molecule has 0 bridgehead atoms. The number of rotatable bonds is 6. The standard InChI is InChI=1S/C24H26N2O5/c1-15(2)31-24(28)23-17(4)25(14-18-9-11-19(12-10-18)26(29)30)22(27)13-21(23)20-8-6-5-7-16(20)3/h5-12,15,21H,13-14H2,1-4H3. The lowest BCUT2D eigenvalue weighted by Crippen LogP contribution is -2.38. The summed E-state index contributed by atoms with van der Waals surface area (Å²) in [5, 5.41) is 10.9. The van der Waals surface area contributed by atoms with Crippen molar-refractivity contribution < 1.29 is 19.2 Å². The number of amides is 1. The van der Waals surface area contributed by atoms with E-state index in [-0.39, 0.29) is 36.6 Å². The summed E-state index contributed by atoms with van der Waals surface area (Å²) in [6.45, 7) is 7.52. The van der Waals surface area contributed by atoms with Crippen LogP contribution in [0, 0.1) is 17.0 Å². The number of nitro groups is 1. The maximum absolute atomic E-state index is 13.1. The Morgan fingerprint density at radius 1 is 1.16 bits per heavy atom. The second-order valence-corrected chi connectivity index (χ2v) is 7.97. The quantitative estimate of drug-likeness (QED) is 0.384. The molecule has 3 rings (SSSR count). The Labute approximate surface area is 181 Å². The number of hydrogen-bond donors (Lipinski definition) is 0. The van der Waals surface area contributed by atoms with Gasteiger partial charge in [0.05, 0.1) is 23.1 Å². The second kappa shape index (κ2) is 9.12. The molecule has 0 radical (unpaired) electrons. The number of ether oxygens (including phenoxy) is 1. The van der Waals surface area contributed by atoms with E-state index in [1.807, 2.05) is 31.2 Å². The van der Waals surface area contributed by atoms with Crippen LogP contribution in [0.4, 0.5) is 5.69 Å². The van der Waals surface area contributed by atoms with Gasteiger partial charge in [-0.3, -0.25) is 14.9 Å².